The minimum absolute atomic E-state index is 0.838. The number of hydrogen-bond donors (Lipinski definition) is 1. The van der Waals surface area contributed by atoms with E-state index in [-0.39, 0.29) is 0 Å². The second-order valence-electron chi connectivity index (χ2n) is 6.30. The van der Waals surface area contributed by atoms with E-state index >= 15 is 0 Å². The Kier molecular flexibility index (Phi) is 12.0. The normalized spacial score (nSPS) is 16.5. The molecule has 0 rings (SSSR count). The summed E-state index contributed by atoms with van der Waals surface area (Å²) in [6.07, 6.45) is 9.63. The zero-order valence-corrected chi connectivity index (χ0v) is 13.6. The summed E-state index contributed by atoms with van der Waals surface area (Å²) in [4.78, 5) is 0. The van der Waals surface area contributed by atoms with Gasteiger partial charge in [-0.25, -0.2) is 0 Å². The molecule has 0 saturated heterocycles. The molecule has 110 valence electrons. The Morgan fingerprint density at radius 1 is 0.722 bits per heavy atom. The van der Waals surface area contributed by atoms with Crippen molar-refractivity contribution in [3.05, 3.63) is 0 Å². The van der Waals surface area contributed by atoms with Crippen molar-refractivity contribution in [1.82, 2.24) is 5.32 Å². The van der Waals surface area contributed by atoms with Gasteiger partial charge in [-0.15, -0.1) is 0 Å². The Labute approximate surface area is 116 Å². The molecule has 1 N–H and O–H groups in total. The molecule has 0 aliphatic carbocycles. The molecule has 0 aromatic rings. The summed E-state index contributed by atoms with van der Waals surface area (Å²) in [5, 5.41) is 3.64. The molecule has 0 bridgehead atoms. The van der Waals surface area contributed by atoms with Crippen molar-refractivity contribution >= 4 is 0 Å². The van der Waals surface area contributed by atoms with Crippen molar-refractivity contribution in [1.29, 1.82) is 0 Å². The zero-order chi connectivity index (χ0) is 13.8. The lowest BCUT2D eigenvalue weighted by Gasteiger charge is -2.19. The molecule has 3 atom stereocenters. The molecule has 0 amide bonds. The Morgan fingerprint density at radius 2 is 1.28 bits per heavy atom. The van der Waals surface area contributed by atoms with Gasteiger partial charge in [0.1, 0.15) is 0 Å². The lowest BCUT2D eigenvalue weighted by atomic mass is 9.91. The highest BCUT2D eigenvalue weighted by Crippen LogP contribution is 2.20. The van der Waals surface area contributed by atoms with Crippen molar-refractivity contribution < 1.29 is 0 Å². The highest BCUT2D eigenvalue weighted by Gasteiger charge is 2.09. The third kappa shape index (κ3) is 9.94. The van der Waals surface area contributed by atoms with Crippen LogP contribution >= 0.6 is 0 Å². The summed E-state index contributed by atoms with van der Waals surface area (Å²) in [6.45, 7) is 14.1. The molecule has 3 unspecified atom stereocenters. The molecule has 0 fully saturated rings. The van der Waals surface area contributed by atoms with Crippen molar-refractivity contribution in [2.75, 3.05) is 13.1 Å². The van der Waals surface area contributed by atoms with Gasteiger partial charge < -0.3 is 5.32 Å². The molecule has 0 spiro atoms. The maximum atomic E-state index is 3.64. The standard InChI is InChI=1S/C17H37N/c1-6-9-15(4)13-18-14-16(5)11-12-17(8-3)10-7-2/h15-18H,6-14H2,1-5H3. The first kappa shape index (κ1) is 18.0. The predicted octanol–water partition coefficient (Wildman–Crippen LogP) is 5.25. The topological polar surface area (TPSA) is 12.0 Å². The van der Waals surface area contributed by atoms with Gasteiger partial charge in [0, 0.05) is 0 Å². The molecule has 1 nitrogen and oxygen atoms in total. The summed E-state index contributed by atoms with van der Waals surface area (Å²) in [7, 11) is 0. The second kappa shape index (κ2) is 12.0. The number of nitrogens with one attached hydrogen (secondary N) is 1. The van der Waals surface area contributed by atoms with Gasteiger partial charge in [-0.3, -0.25) is 0 Å². The van der Waals surface area contributed by atoms with Crippen LogP contribution < -0.4 is 5.32 Å². The molecule has 0 heterocycles. The summed E-state index contributed by atoms with van der Waals surface area (Å²) >= 11 is 0. The van der Waals surface area contributed by atoms with Crippen LogP contribution in [-0.2, 0) is 0 Å². The van der Waals surface area contributed by atoms with Crippen molar-refractivity contribution in [3.63, 3.8) is 0 Å². The first-order valence-electron chi connectivity index (χ1n) is 8.34. The quantitative estimate of drug-likeness (QED) is 0.502. The van der Waals surface area contributed by atoms with Gasteiger partial charge >= 0.3 is 0 Å². The SMILES string of the molecule is CCCC(C)CNCC(C)CCC(CC)CCC. The number of hydrogen-bond acceptors (Lipinski definition) is 1. The van der Waals surface area contributed by atoms with Gasteiger partial charge in [0.25, 0.3) is 0 Å². The summed E-state index contributed by atoms with van der Waals surface area (Å²) < 4.78 is 0. The molecule has 0 aromatic heterocycles. The maximum Gasteiger partial charge on any atom is -0.00230 e. The van der Waals surface area contributed by atoms with Crippen LogP contribution in [0.5, 0.6) is 0 Å². The minimum atomic E-state index is 0.838. The molecule has 0 aliphatic heterocycles. The molecule has 1 heteroatoms. The van der Waals surface area contributed by atoms with Crippen LogP contribution in [0, 0.1) is 17.8 Å². The van der Waals surface area contributed by atoms with Crippen LogP contribution in [-0.4, -0.2) is 13.1 Å². The first-order chi connectivity index (χ1) is 8.63. The van der Waals surface area contributed by atoms with Gasteiger partial charge in [-0.05, 0) is 43.7 Å². The van der Waals surface area contributed by atoms with E-state index in [2.05, 4.69) is 39.9 Å². The molecule has 0 aliphatic rings. The number of rotatable bonds is 12. The largest absolute Gasteiger partial charge is 0.316 e. The van der Waals surface area contributed by atoms with E-state index in [4.69, 9.17) is 0 Å². The van der Waals surface area contributed by atoms with E-state index in [1.165, 1.54) is 58.0 Å². The first-order valence-corrected chi connectivity index (χ1v) is 8.34. The Balaban J connectivity index is 3.55. The average molecular weight is 255 g/mol. The Bertz CT molecular complexity index is 167. The Morgan fingerprint density at radius 3 is 1.78 bits per heavy atom. The van der Waals surface area contributed by atoms with Crippen LogP contribution in [0.1, 0.15) is 79.6 Å². The van der Waals surface area contributed by atoms with Gasteiger partial charge in [0.15, 0.2) is 0 Å². The van der Waals surface area contributed by atoms with Crippen LogP contribution in [0.3, 0.4) is 0 Å². The molecular weight excluding hydrogens is 218 g/mol. The monoisotopic (exact) mass is 255 g/mol. The summed E-state index contributed by atoms with van der Waals surface area (Å²) in [5.41, 5.74) is 0. The molecule has 0 aromatic carbocycles. The molecule has 0 saturated carbocycles. The van der Waals surface area contributed by atoms with Gasteiger partial charge in [-0.1, -0.05) is 66.7 Å². The molecule has 18 heavy (non-hydrogen) atoms. The van der Waals surface area contributed by atoms with Crippen molar-refractivity contribution in [2.45, 2.75) is 79.6 Å². The van der Waals surface area contributed by atoms with Crippen molar-refractivity contribution in [2.24, 2.45) is 17.8 Å². The van der Waals surface area contributed by atoms with E-state index < -0.39 is 0 Å². The zero-order valence-electron chi connectivity index (χ0n) is 13.6. The van der Waals surface area contributed by atoms with E-state index in [0.29, 0.717) is 0 Å². The fourth-order valence-corrected chi connectivity index (χ4v) is 2.75. The van der Waals surface area contributed by atoms with Crippen LogP contribution in [0.25, 0.3) is 0 Å². The summed E-state index contributed by atoms with van der Waals surface area (Å²) in [6, 6.07) is 0. The third-order valence-corrected chi connectivity index (χ3v) is 4.11. The highest BCUT2D eigenvalue weighted by molar-refractivity contribution is 4.64. The lowest BCUT2D eigenvalue weighted by molar-refractivity contribution is 0.360. The molecular formula is C17H37N. The average Bonchev–Trinajstić information content (AvgIpc) is 2.34. The maximum absolute atomic E-state index is 3.64. The van der Waals surface area contributed by atoms with Crippen molar-refractivity contribution in [3.8, 4) is 0 Å². The minimum Gasteiger partial charge on any atom is -0.316 e. The van der Waals surface area contributed by atoms with Crippen LogP contribution in [0.4, 0.5) is 0 Å². The highest BCUT2D eigenvalue weighted by atomic mass is 14.9. The van der Waals surface area contributed by atoms with Crippen LogP contribution in [0.2, 0.25) is 0 Å². The van der Waals surface area contributed by atoms with Crippen LogP contribution in [0.15, 0.2) is 0 Å². The smallest absolute Gasteiger partial charge is 0.00230 e. The second-order valence-corrected chi connectivity index (χ2v) is 6.30. The fraction of sp³-hybridized carbons (Fsp3) is 1.00. The third-order valence-electron chi connectivity index (χ3n) is 4.11. The predicted molar refractivity (Wildman–Crippen MR) is 84.0 cm³/mol. The van der Waals surface area contributed by atoms with E-state index in [0.717, 1.165) is 17.8 Å². The van der Waals surface area contributed by atoms with Gasteiger partial charge in [-0.2, -0.15) is 0 Å². The van der Waals surface area contributed by atoms with Gasteiger partial charge in [0.05, 0.1) is 0 Å². The Hall–Kier alpha value is -0.0400. The summed E-state index contributed by atoms with van der Waals surface area (Å²) in [5.74, 6) is 2.65. The van der Waals surface area contributed by atoms with E-state index in [9.17, 15) is 0 Å². The fourth-order valence-electron chi connectivity index (χ4n) is 2.75. The van der Waals surface area contributed by atoms with E-state index in [1.54, 1.807) is 0 Å². The van der Waals surface area contributed by atoms with Gasteiger partial charge in [0.2, 0.25) is 0 Å². The van der Waals surface area contributed by atoms with E-state index in [1.807, 2.05) is 0 Å². The molecule has 0 radical (unpaired) electrons. The lowest BCUT2D eigenvalue weighted by Crippen LogP contribution is -2.26.